The van der Waals surface area contributed by atoms with E-state index in [2.05, 4.69) is 4.98 Å². The van der Waals surface area contributed by atoms with Crippen molar-refractivity contribution in [3.8, 4) is 0 Å². The lowest BCUT2D eigenvalue weighted by Crippen LogP contribution is -2.49. The zero-order valence-corrected chi connectivity index (χ0v) is 14.8. The van der Waals surface area contributed by atoms with Gasteiger partial charge in [0, 0.05) is 18.0 Å². The van der Waals surface area contributed by atoms with Crippen LogP contribution in [-0.2, 0) is 16.1 Å². The Hall–Kier alpha value is -3.16. The molecule has 0 spiro atoms. The Bertz CT molecular complexity index is 1100. The zero-order chi connectivity index (χ0) is 19.1. The van der Waals surface area contributed by atoms with Gasteiger partial charge in [0.1, 0.15) is 17.6 Å². The Balaban J connectivity index is 1.64. The largest absolute Gasteiger partial charge is 0.481 e. The van der Waals surface area contributed by atoms with E-state index in [0.717, 1.165) is 5.39 Å². The van der Waals surface area contributed by atoms with Gasteiger partial charge in [0.05, 0.1) is 12.2 Å². The molecule has 140 valence electrons. The molecule has 0 aliphatic carbocycles. The average molecular weight is 369 g/mol. The maximum Gasteiger partial charge on any atom is 0.308 e. The molecule has 1 N–H and O–H groups in total. The first-order valence-corrected chi connectivity index (χ1v) is 8.84. The van der Waals surface area contributed by atoms with E-state index in [9.17, 15) is 19.5 Å². The van der Waals surface area contributed by atoms with E-state index >= 15 is 0 Å². The van der Waals surface area contributed by atoms with Gasteiger partial charge in [-0.05, 0) is 31.9 Å². The van der Waals surface area contributed by atoms with Crippen LogP contribution in [0.5, 0.6) is 0 Å². The summed E-state index contributed by atoms with van der Waals surface area (Å²) < 4.78 is 6.83. The minimum absolute atomic E-state index is 0.0632. The Kier molecular flexibility index (Phi) is 4.18. The molecule has 1 saturated heterocycles. The van der Waals surface area contributed by atoms with E-state index < -0.39 is 17.4 Å². The highest BCUT2D eigenvalue weighted by atomic mass is 16.4. The van der Waals surface area contributed by atoms with Gasteiger partial charge in [0.2, 0.25) is 11.5 Å². The van der Waals surface area contributed by atoms with Crippen LogP contribution in [0.3, 0.4) is 0 Å². The summed E-state index contributed by atoms with van der Waals surface area (Å²) in [5.41, 5.74) is 0.720. The second-order valence-corrected chi connectivity index (χ2v) is 6.96. The number of para-hydroxylation sites is 1. The minimum Gasteiger partial charge on any atom is -0.481 e. The van der Waals surface area contributed by atoms with E-state index in [-0.39, 0.29) is 30.6 Å². The molecular formula is C19H19N3O5. The molecule has 4 rings (SSSR count). The van der Waals surface area contributed by atoms with Gasteiger partial charge in [0.25, 0.3) is 5.56 Å². The number of furan rings is 1. The SMILES string of the molecule is CC1CCC(C(=O)O)CN1C(=O)Cn1cnc2c(oc3ccccc32)c1=O. The third-order valence-electron chi connectivity index (χ3n) is 5.21. The fourth-order valence-electron chi connectivity index (χ4n) is 3.62. The Morgan fingerprint density at radius 2 is 2.07 bits per heavy atom. The molecule has 0 radical (unpaired) electrons. The van der Waals surface area contributed by atoms with Gasteiger partial charge in [-0.2, -0.15) is 0 Å². The van der Waals surface area contributed by atoms with Gasteiger partial charge in [0.15, 0.2) is 0 Å². The predicted octanol–water partition coefficient (Wildman–Crippen LogP) is 1.85. The molecule has 0 bridgehead atoms. The van der Waals surface area contributed by atoms with Crippen LogP contribution in [0.2, 0.25) is 0 Å². The highest BCUT2D eigenvalue weighted by Crippen LogP contribution is 2.25. The van der Waals surface area contributed by atoms with Crippen molar-refractivity contribution in [2.75, 3.05) is 6.54 Å². The van der Waals surface area contributed by atoms with Crippen molar-refractivity contribution in [3.05, 3.63) is 40.9 Å². The second-order valence-electron chi connectivity index (χ2n) is 6.96. The fourth-order valence-corrected chi connectivity index (χ4v) is 3.62. The molecule has 1 amide bonds. The third-order valence-corrected chi connectivity index (χ3v) is 5.21. The summed E-state index contributed by atoms with van der Waals surface area (Å²) in [6.45, 7) is 1.85. The summed E-state index contributed by atoms with van der Waals surface area (Å²) in [6, 6.07) is 7.16. The van der Waals surface area contributed by atoms with Gasteiger partial charge < -0.3 is 14.4 Å². The van der Waals surface area contributed by atoms with Gasteiger partial charge in [-0.15, -0.1) is 0 Å². The molecule has 8 heteroatoms. The van der Waals surface area contributed by atoms with Crippen molar-refractivity contribution in [3.63, 3.8) is 0 Å². The number of rotatable bonds is 3. The summed E-state index contributed by atoms with van der Waals surface area (Å²) in [6.07, 6.45) is 2.51. The molecule has 1 aliphatic rings. The molecule has 1 aliphatic heterocycles. The smallest absolute Gasteiger partial charge is 0.308 e. The molecule has 0 saturated carbocycles. The molecule has 27 heavy (non-hydrogen) atoms. The number of hydrogen-bond donors (Lipinski definition) is 1. The van der Waals surface area contributed by atoms with Crippen LogP contribution in [0.4, 0.5) is 0 Å². The summed E-state index contributed by atoms with van der Waals surface area (Å²) in [7, 11) is 0. The molecule has 8 nitrogen and oxygen atoms in total. The van der Waals surface area contributed by atoms with Gasteiger partial charge >= 0.3 is 5.97 Å². The van der Waals surface area contributed by atoms with Crippen LogP contribution < -0.4 is 5.56 Å². The number of likely N-dealkylation sites (tertiary alicyclic amines) is 1. The maximum atomic E-state index is 12.7. The zero-order valence-electron chi connectivity index (χ0n) is 14.8. The quantitative estimate of drug-likeness (QED) is 0.755. The van der Waals surface area contributed by atoms with Crippen LogP contribution in [-0.4, -0.2) is 44.0 Å². The number of carbonyl (C=O) groups is 2. The third kappa shape index (κ3) is 2.97. The molecule has 2 unspecified atom stereocenters. The fraction of sp³-hybridized carbons (Fsp3) is 0.368. The number of carboxylic acids is 1. The number of nitrogens with zero attached hydrogens (tertiary/aromatic N) is 3. The highest BCUT2D eigenvalue weighted by Gasteiger charge is 2.32. The number of aromatic nitrogens is 2. The van der Waals surface area contributed by atoms with Crippen molar-refractivity contribution in [1.29, 1.82) is 0 Å². The van der Waals surface area contributed by atoms with Gasteiger partial charge in [-0.1, -0.05) is 12.1 Å². The van der Waals surface area contributed by atoms with Gasteiger partial charge in [-0.25, -0.2) is 4.98 Å². The molecule has 2 aromatic heterocycles. The second kappa shape index (κ2) is 6.53. The van der Waals surface area contributed by atoms with Crippen LogP contribution in [0.1, 0.15) is 19.8 Å². The van der Waals surface area contributed by atoms with Crippen molar-refractivity contribution in [2.24, 2.45) is 5.92 Å². The van der Waals surface area contributed by atoms with E-state index in [1.807, 2.05) is 25.1 Å². The van der Waals surface area contributed by atoms with Crippen LogP contribution in [0, 0.1) is 5.92 Å². The first-order valence-electron chi connectivity index (χ1n) is 8.84. The van der Waals surface area contributed by atoms with E-state index in [1.54, 1.807) is 6.07 Å². The normalized spacial score (nSPS) is 20.3. The number of piperidine rings is 1. The first-order chi connectivity index (χ1) is 13.0. The number of carbonyl (C=O) groups excluding carboxylic acids is 1. The van der Waals surface area contributed by atoms with E-state index in [4.69, 9.17) is 4.42 Å². The monoisotopic (exact) mass is 369 g/mol. The summed E-state index contributed by atoms with van der Waals surface area (Å²) in [5.74, 6) is -1.77. The van der Waals surface area contributed by atoms with E-state index in [0.29, 0.717) is 23.9 Å². The highest BCUT2D eigenvalue weighted by molar-refractivity contribution is 6.01. The predicted molar refractivity (Wildman–Crippen MR) is 97.3 cm³/mol. The summed E-state index contributed by atoms with van der Waals surface area (Å²) >= 11 is 0. The number of benzene rings is 1. The van der Waals surface area contributed by atoms with Gasteiger partial charge in [-0.3, -0.25) is 19.0 Å². The minimum atomic E-state index is -0.901. The Morgan fingerprint density at radius 3 is 2.85 bits per heavy atom. The molecule has 1 fully saturated rings. The lowest BCUT2D eigenvalue weighted by atomic mass is 9.93. The first kappa shape index (κ1) is 17.3. The molecule has 2 atom stereocenters. The number of hydrogen-bond acceptors (Lipinski definition) is 5. The summed E-state index contributed by atoms with van der Waals surface area (Å²) in [5, 5.41) is 9.98. The standard InChI is InChI=1S/C19H19N3O5/c1-11-6-7-12(19(25)26)8-22(11)15(23)9-21-10-20-16-13-4-2-3-5-14(13)27-17(16)18(21)24/h2-5,10-12H,6-9H2,1H3,(H,25,26). The molecular weight excluding hydrogens is 350 g/mol. The Labute approximate surface area is 154 Å². The van der Waals surface area contributed by atoms with Crippen LogP contribution in [0.25, 0.3) is 22.1 Å². The lowest BCUT2D eigenvalue weighted by molar-refractivity contribution is -0.147. The van der Waals surface area contributed by atoms with Crippen molar-refractivity contribution in [1.82, 2.24) is 14.5 Å². The number of aliphatic carboxylic acids is 1. The van der Waals surface area contributed by atoms with Crippen molar-refractivity contribution >= 4 is 33.9 Å². The lowest BCUT2D eigenvalue weighted by Gasteiger charge is -2.36. The molecule has 1 aromatic carbocycles. The number of carboxylic acid groups (broad SMARTS) is 1. The van der Waals surface area contributed by atoms with E-state index in [1.165, 1.54) is 15.8 Å². The van der Waals surface area contributed by atoms with Crippen molar-refractivity contribution < 1.29 is 19.1 Å². The molecule has 3 aromatic rings. The summed E-state index contributed by atoms with van der Waals surface area (Å²) in [4.78, 5) is 42.5. The maximum absolute atomic E-state index is 12.7. The Morgan fingerprint density at radius 1 is 1.30 bits per heavy atom. The average Bonchev–Trinajstić information content (AvgIpc) is 3.03. The number of amides is 1. The molecule has 3 heterocycles. The van der Waals surface area contributed by atoms with Crippen LogP contribution in [0.15, 0.2) is 39.8 Å². The number of fused-ring (bicyclic) bond motifs is 3. The van der Waals surface area contributed by atoms with Crippen LogP contribution >= 0.6 is 0 Å². The topological polar surface area (TPSA) is 106 Å². The van der Waals surface area contributed by atoms with Crippen molar-refractivity contribution in [2.45, 2.75) is 32.4 Å².